The van der Waals surface area contributed by atoms with Gasteiger partial charge in [0.25, 0.3) is 5.91 Å². The Morgan fingerprint density at radius 3 is 2.52 bits per heavy atom. The van der Waals surface area contributed by atoms with E-state index in [0.717, 1.165) is 5.56 Å². The Bertz CT molecular complexity index is 940. The third-order valence-electron chi connectivity index (χ3n) is 4.34. The minimum absolute atomic E-state index is 0. The maximum atomic E-state index is 12.5. The van der Waals surface area contributed by atoms with Gasteiger partial charge in [0.05, 0.1) is 6.54 Å². The Hall–Kier alpha value is -2.90. The van der Waals surface area contributed by atoms with E-state index in [1.807, 2.05) is 30.3 Å². The van der Waals surface area contributed by atoms with Crippen molar-refractivity contribution in [3.05, 3.63) is 59.9 Å². The number of carbonyl (C=O) groups excluding carboxylic acids is 1. The van der Waals surface area contributed by atoms with Gasteiger partial charge < -0.3 is 15.8 Å². The maximum Gasteiger partial charge on any atom is 0.265 e. The van der Waals surface area contributed by atoms with Gasteiger partial charge in [0.1, 0.15) is 11.6 Å². The molecule has 2 aromatic carbocycles. The van der Waals surface area contributed by atoms with Gasteiger partial charge in [0.15, 0.2) is 11.9 Å². The van der Waals surface area contributed by atoms with E-state index >= 15 is 0 Å². The van der Waals surface area contributed by atoms with Crippen LogP contribution in [-0.4, -0.2) is 27.2 Å². The Morgan fingerprint density at radius 1 is 1.17 bits per heavy atom. The van der Waals surface area contributed by atoms with Gasteiger partial charge in [-0.05, 0) is 54.8 Å². The summed E-state index contributed by atoms with van der Waals surface area (Å²) in [5.74, 6) is 2.06. The number of nitrogens with zero attached hydrogens (tertiary/aromatic N) is 2. The predicted molar refractivity (Wildman–Crippen MR) is 116 cm³/mol. The highest BCUT2D eigenvalue weighted by atomic mass is 35.5. The van der Waals surface area contributed by atoms with Gasteiger partial charge in [0.2, 0.25) is 0 Å². The molecular formula is C21H26ClN5O2. The molecule has 1 heterocycles. The normalized spacial score (nSPS) is 11.6. The first-order chi connectivity index (χ1) is 13.5. The third kappa shape index (κ3) is 5.79. The highest BCUT2D eigenvalue weighted by molar-refractivity contribution is 5.94. The van der Waals surface area contributed by atoms with Crippen molar-refractivity contribution < 1.29 is 9.53 Å². The summed E-state index contributed by atoms with van der Waals surface area (Å²) in [7, 11) is 0. The summed E-state index contributed by atoms with van der Waals surface area (Å²) < 4.78 is 5.80. The van der Waals surface area contributed by atoms with Crippen LogP contribution in [-0.2, 0) is 11.3 Å². The standard InChI is InChI=1S/C21H25N5O2.ClH/c1-13(2)16-5-4-6-18(11-16)28-14(3)21(27)23-17-9-7-15(8-10-17)20-24-19(12-22)25-26-20;/h4-11,13-14H,12,22H2,1-3H3,(H,23,27)(H,24,25,26);1H. The Balaban J connectivity index is 0.00000300. The molecule has 3 rings (SSSR count). The van der Waals surface area contributed by atoms with Gasteiger partial charge in [-0.3, -0.25) is 9.89 Å². The molecule has 1 unspecified atom stereocenters. The molecule has 0 aliphatic rings. The lowest BCUT2D eigenvalue weighted by atomic mass is 10.0. The lowest BCUT2D eigenvalue weighted by Gasteiger charge is -2.16. The molecule has 0 bridgehead atoms. The molecule has 0 radical (unpaired) electrons. The number of rotatable bonds is 7. The molecule has 8 heteroatoms. The van der Waals surface area contributed by atoms with Gasteiger partial charge in [-0.2, -0.15) is 5.10 Å². The van der Waals surface area contributed by atoms with E-state index in [-0.39, 0.29) is 18.3 Å². The predicted octanol–water partition coefficient (Wildman–Crippen LogP) is 3.88. The summed E-state index contributed by atoms with van der Waals surface area (Å²) in [6.45, 7) is 6.27. The first-order valence-corrected chi connectivity index (χ1v) is 9.25. The number of halogens is 1. The number of H-pyrrole nitrogens is 1. The molecule has 7 nitrogen and oxygen atoms in total. The van der Waals surface area contributed by atoms with Crippen LogP contribution in [0.1, 0.15) is 38.1 Å². The molecule has 154 valence electrons. The number of amides is 1. The molecule has 1 aromatic heterocycles. The zero-order chi connectivity index (χ0) is 20.1. The molecule has 0 aliphatic carbocycles. The van der Waals surface area contributed by atoms with Gasteiger partial charge in [-0.15, -0.1) is 12.4 Å². The van der Waals surface area contributed by atoms with Crippen LogP contribution in [0.2, 0.25) is 0 Å². The van der Waals surface area contributed by atoms with Gasteiger partial charge in [0, 0.05) is 11.3 Å². The molecule has 0 saturated heterocycles. The fraction of sp³-hybridized carbons (Fsp3) is 0.286. The number of ether oxygens (including phenoxy) is 1. The number of nitrogens with one attached hydrogen (secondary N) is 2. The molecule has 29 heavy (non-hydrogen) atoms. The molecule has 0 aliphatic heterocycles. The van der Waals surface area contributed by atoms with E-state index in [2.05, 4.69) is 40.4 Å². The minimum Gasteiger partial charge on any atom is -0.481 e. The second-order valence-electron chi connectivity index (χ2n) is 6.86. The maximum absolute atomic E-state index is 12.5. The van der Waals surface area contributed by atoms with E-state index in [0.29, 0.717) is 35.5 Å². The van der Waals surface area contributed by atoms with Crippen molar-refractivity contribution >= 4 is 24.0 Å². The van der Waals surface area contributed by atoms with E-state index < -0.39 is 6.10 Å². The van der Waals surface area contributed by atoms with Crippen molar-refractivity contribution in [3.8, 4) is 17.1 Å². The quantitative estimate of drug-likeness (QED) is 0.543. The number of nitrogens with two attached hydrogens (primary N) is 1. The lowest BCUT2D eigenvalue weighted by Crippen LogP contribution is -2.30. The number of hydrogen-bond acceptors (Lipinski definition) is 5. The van der Waals surface area contributed by atoms with E-state index in [1.54, 1.807) is 19.1 Å². The van der Waals surface area contributed by atoms with Gasteiger partial charge >= 0.3 is 0 Å². The largest absolute Gasteiger partial charge is 0.481 e. The van der Waals surface area contributed by atoms with Crippen molar-refractivity contribution in [2.24, 2.45) is 5.73 Å². The van der Waals surface area contributed by atoms with E-state index in [1.165, 1.54) is 5.56 Å². The number of aromatic nitrogens is 3. The Morgan fingerprint density at radius 2 is 1.90 bits per heavy atom. The highest BCUT2D eigenvalue weighted by Crippen LogP contribution is 2.22. The summed E-state index contributed by atoms with van der Waals surface area (Å²) in [5.41, 5.74) is 8.22. The molecule has 0 fully saturated rings. The monoisotopic (exact) mass is 415 g/mol. The zero-order valence-corrected chi connectivity index (χ0v) is 17.5. The first kappa shape index (κ1) is 22.4. The second-order valence-corrected chi connectivity index (χ2v) is 6.86. The summed E-state index contributed by atoms with van der Waals surface area (Å²) >= 11 is 0. The number of anilines is 1. The number of hydrogen-bond donors (Lipinski definition) is 3. The molecule has 0 spiro atoms. The first-order valence-electron chi connectivity index (χ1n) is 9.25. The number of aromatic amines is 1. The average molecular weight is 416 g/mol. The van der Waals surface area contributed by atoms with Crippen LogP contribution in [0.15, 0.2) is 48.5 Å². The molecule has 3 aromatic rings. The van der Waals surface area contributed by atoms with Crippen LogP contribution in [0.3, 0.4) is 0 Å². The Kier molecular flexibility index (Phi) is 7.75. The second kappa shape index (κ2) is 10.0. The summed E-state index contributed by atoms with van der Waals surface area (Å²) in [6.07, 6.45) is -0.623. The van der Waals surface area contributed by atoms with Crippen LogP contribution in [0.25, 0.3) is 11.4 Å². The molecule has 4 N–H and O–H groups in total. The van der Waals surface area contributed by atoms with Gasteiger partial charge in [-0.1, -0.05) is 26.0 Å². The van der Waals surface area contributed by atoms with Crippen LogP contribution in [0.4, 0.5) is 5.69 Å². The van der Waals surface area contributed by atoms with Crippen molar-refractivity contribution in [1.82, 2.24) is 15.2 Å². The highest BCUT2D eigenvalue weighted by Gasteiger charge is 2.15. The topological polar surface area (TPSA) is 106 Å². The third-order valence-corrected chi connectivity index (χ3v) is 4.34. The molecular weight excluding hydrogens is 390 g/mol. The van der Waals surface area contributed by atoms with Crippen LogP contribution in [0.5, 0.6) is 5.75 Å². The number of benzene rings is 2. The summed E-state index contributed by atoms with van der Waals surface area (Å²) in [4.78, 5) is 16.7. The van der Waals surface area contributed by atoms with E-state index in [9.17, 15) is 4.79 Å². The average Bonchev–Trinajstić information content (AvgIpc) is 3.18. The lowest BCUT2D eigenvalue weighted by molar-refractivity contribution is -0.122. The smallest absolute Gasteiger partial charge is 0.265 e. The SMILES string of the molecule is CC(Oc1cccc(C(C)C)c1)C(=O)Nc1ccc(-c2n[nH]c(CN)n2)cc1.Cl. The van der Waals surface area contributed by atoms with Crippen LogP contribution < -0.4 is 15.8 Å². The zero-order valence-electron chi connectivity index (χ0n) is 16.7. The van der Waals surface area contributed by atoms with Crippen molar-refractivity contribution in [1.29, 1.82) is 0 Å². The van der Waals surface area contributed by atoms with Crippen molar-refractivity contribution in [3.63, 3.8) is 0 Å². The van der Waals surface area contributed by atoms with Crippen molar-refractivity contribution in [2.45, 2.75) is 39.3 Å². The number of carbonyl (C=O) groups is 1. The van der Waals surface area contributed by atoms with Crippen molar-refractivity contribution in [2.75, 3.05) is 5.32 Å². The van der Waals surface area contributed by atoms with Crippen LogP contribution in [0, 0.1) is 0 Å². The Labute approximate surface area is 176 Å². The van der Waals surface area contributed by atoms with Crippen LogP contribution >= 0.6 is 12.4 Å². The minimum atomic E-state index is -0.623. The van der Waals surface area contributed by atoms with Gasteiger partial charge in [-0.25, -0.2) is 4.98 Å². The fourth-order valence-electron chi connectivity index (χ4n) is 2.67. The molecule has 1 amide bonds. The molecule has 0 saturated carbocycles. The summed E-state index contributed by atoms with van der Waals surface area (Å²) in [6, 6.07) is 15.1. The fourth-order valence-corrected chi connectivity index (χ4v) is 2.67. The summed E-state index contributed by atoms with van der Waals surface area (Å²) in [5, 5.41) is 9.76. The molecule has 1 atom stereocenters. The van der Waals surface area contributed by atoms with E-state index in [4.69, 9.17) is 10.5 Å².